The average Bonchev–Trinajstić information content (AvgIpc) is 2.24. The summed E-state index contributed by atoms with van der Waals surface area (Å²) in [5.74, 6) is 0.0968. The standard InChI is InChI=1S/C18H30N2O/c1-12-10-13(2)17(14(3)11-12)15(4)19-9-8-16(21)20-18(5,6)7/h10-11,15,19H,8-9H2,1-7H3,(H,20,21). The van der Waals surface area contributed by atoms with Crippen LogP contribution in [0.25, 0.3) is 0 Å². The molecule has 3 heteroatoms. The number of carbonyl (C=O) groups excluding carboxylic acids is 1. The summed E-state index contributed by atoms with van der Waals surface area (Å²) in [7, 11) is 0. The lowest BCUT2D eigenvalue weighted by molar-refractivity contribution is -0.122. The van der Waals surface area contributed by atoms with Crippen LogP contribution in [0.1, 0.15) is 62.4 Å². The first-order valence-electron chi connectivity index (χ1n) is 7.72. The summed E-state index contributed by atoms with van der Waals surface area (Å²) < 4.78 is 0. The fraction of sp³-hybridized carbons (Fsp3) is 0.611. The SMILES string of the molecule is Cc1cc(C)c(C(C)NCCC(=O)NC(C)(C)C)c(C)c1. The Morgan fingerprint density at radius 3 is 2.14 bits per heavy atom. The monoisotopic (exact) mass is 290 g/mol. The molecule has 0 radical (unpaired) electrons. The van der Waals surface area contributed by atoms with E-state index in [0.29, 0.717) is 13.0 Å². The van der Waals surface area contributed by atoms with Gasteiger partial charge in [0.15, 0.2) is 0 Å². The van der Waals surface area contributed by atoms with Crippen molar-refractivity contribution in [1.29, 1.82) is 0 Å². The maximum Gasteiger partial charge on any atom is 0.221 e. The molecule has 0 aliphatic carbocycles. The maximum atomic E-state index is 11.8. The van der Waals surface area contributed by atoms with E-state index in [9.17, 15) is 4.79 Å². The Balaban J connectivity index is 2.55. The molecule has 0 saturated carbocycles. The minimum Gasteiger partial charge on any atom is -0.351 e. The number of amides is 1. The second-order valence-electron chi connectivity index (χ2n) is 7.04. The van der Waals surface area contributed by atoms with Gasteiger partial charge >= 0.3 is 0 Å². The normalized spacial score (nSPS) is 13.1. The third kappa shape index (κ3) is 5.88. The van der Waals surface area contributed by atoms with Crippen LogP contribution in [0.3, 0.4) is 0 Å². The van der Waals surface area contributed by atoms with Crippen molar-refractivity contribution in [2.75, 3.05) is 6.54 Å². The van der Waals surface area contributed by atoms with Gasteiger partial charge in [-0.15, -0.1) is 0 Å². The molecule has 0 aliphatic heterocycles. The second kappa shape index (κ2) is 7.08. The van der Waals surface area contributed by atoms with Crippen molar-refractivity contribution in [3.63, 3.8) is 0 Å². The van der Waals surface area contributed by atoms with Gasteiger partial charge in [-0.05, 0) is 65.2 Å². The number of nitrogens with one attached hydrogen (secondary N) is 2. The molecule has 3 nitrogen and oxygen atoms in total. The van der Waals surface area contributed by atoms with Crippen LogP contribution in [0.5, 0.6) is 0 Å². The van der Waals surface area contributed by atoms with E-state index >= 15 is 0 Å². The van der Waals surface area contributed by atoms with Gasteiger partial charge in [-0.3, -0.25) is 4.79 Å². The van der Waals surface area contributed by atoms with Crippen LogP contribution in [0.15, 0.2) is 12.1 Å². The number of aryl methyl sites for hydroxylation is 3. The smallest absolute Gasteiger partial charge is 0.221 e. The number of carbonyl (C=O) groups is 1. The summed E-state index contributed by atoms with van der Waals surface area (Å²) in [5.41, 5.74) is 5.10. The molecule has 2 N–H and O–H groups in total. The van der Waals surface area contributed by atoms with E-state index in [4.69, 9.17) is 0 Å². The van der Waals surface area contributed by atoms with E-state index in [2.05, 4.69) is 50.5 Å². The molecule has 0 heterocycles. The highest BCUT2D eigenvalue weighted by molar-refractivity contribution is 5.76. The minimum absolute atomic E-state index is 0.0968. The molecule has 0 aliphatic rings. The molecule has 1 aromatic carbocycles. The summed E-state index contributed by atoms with van der Waals surface area (Å²) >= 11 is 0. The summed E-state index contributed by atoms with van der Waals surface area (Å²) in [4.78, 5) is 11.8. The lowest BCUT2D eigenvalue weighted by Crippen LogP contribution is -2.41. The molecule has 1 atom stereocenters. The van der Waals surface area contributed by atoms with Crippen LogP contribution >= 0.6 is 0 Å². The van der Waals surface area contributed by atoms with Gasteiger partial charge < -0.3 is 10.6 Å². The van der Waals surface area contributed by atoms with Crippen LogP contribution in [-0.4, -0.2) is 18.0 Å². The molecule has 0 fully saturated rings. The molecule has 0 spiro atoms. The van der Waals surface area contributed by atoms with Gasteiger partial charge in [0, 0.05) is 24.5 Å². The molecule has 21 heavy (non-hydrogen) atoms. The predicted molar refractivity (Wildman–Crippen MR) is 89.6 cm³/mol. The van der Waals surface area contributed by atoms with Gasteiger partial charge in [-0.2, -0.15) is 0 Å². The molecule has 118 valence electrons. The summed E-state index contributed by atoms with van der Waals surface area (Å²) in [6, 6.07) is 4.69. The van der Waals surface area contributed by atoms with Crippen molar-refractivity contribution in [1.82, 2.24) is 10.6 Å². The minimum atomic E-state index is -0.160. The van der Waals surface area contributed by atoms with Crippen LogP contribution < -0.4 is 10.6 Å². The Kier molecular flexibility index (Phi) is 5.97. The van der Waals surface area contributed by atoms with Crippen molar-refractivity contribution in [2.45, 2.75) is 66.5 Å². The molecule has 1 amide bonds. The van der Waals surface area contributed by atoms with E-state index in [1.165, 1.54) is 22.3 Å². The fourth-order valence-electron chi connectivity index (χ4n) is 2.86. The van der Waals surface area contributed by atoms with Crippen molar-refractivity contribution < 1.29 is 4.79 Å². The molecule has 0 aromatic heterocycles. The Morgan fingerprint density at radius 2 is 1.67 bits per heavy atom. The van der Waals surface area contributed by atoms with Crippen molar-refractivity contribution in [2.24, 2.45) is 0 Å². The van der Waals surface area contributed by atoms with Crippen LogP contribution in [-0.2, 0) is 4.79 Å². The number of benzene rings is 1. The van der Waals surface area contributed by atoms with Gasteiger partial charge in [0.05, 0.1) is 0 Å². The van der Waals surface area contributed by atoms with E-state index < -0.39 is 0 Å². The molecule has 1 aromatic rings. The zero-order valence-corrected chi connectivity index (χ0v) is 14.6. The van der Waals surface area contributed by atoms with E-state index in [1.54, 1.807) is 0 Å². The van der Waals surface area contributed by atoms with Gasteiger partial charge in [0.2, 0.25) is 5.91 Å². The molecular weight excluding hydrogens is 260 g/mol. The molecular formula is C18H30N2O. The van der Waals surface area contributed by atoms with Crippen LogP contribution in [0.4, 0.5) is 0 Å². The third-order valence-electron chi connectivity index (χ3n) is 3.49. The van der Waals surface area contributed by atoms with Gasteiger partial charge in [0.25, 0.3) is 0 Å². The highest BCUT2D eigenvalue weighted by Gasteiger charge is 2.15. The Hall–Kier alpha value is -1.35. The fourth-order valence-corrected chi connectivity index (χ4v) is 2.86. The topological polar surface area (TPSA) is 41.1 Å². The third-order valence-corrected chi connectivity index (χ3v) is 3.49. The highest BCUT2D eigenvalue weighted by atomic mass is 16.1. The molecule has 0 bridgehead atoms. The van der Waals surface area contributed by atoms with Gasteiger partial charge in [0.1, 0.15) is 0 Å². The Morgan fingerprint density at radius 1 is 1.14 bits per heavy atom. The van der Waals surface area contributed by atoms with Gasteiger partial charge in [-0.25, -0.2) is 0 Å². The zero-order valence-electron chi connectivity index (χ0n) is 14.6. The van der Waals surface area contributed by atoms with E-state index in [1.807, 2.05) is 20.8 Å². The quantitative estimate of drug-likeness (QED) is 0.870. The second-order valence-corrected chi connectivity index (χ2v) is 7.04. The van der Waals surface area contributed by atoms with Crippen molar-refractivity contribution >= 4 is 5.91 Å². The summed E-state index contributed by atoms with van der Waals surface area (Å²) in [6.45, 7) is 15.3. The molecule has 1 unspecified atom stereocenters. The predicted octanol–water partition coefficient (Wildman–Crippen LogP) is 3.57. The van der Waals surface area contributed by atoms with Crippen molar-refractivity contribution in [3.8, 4) is 0 Å². The van der Waals surface area contributed by atoms with E-state index in [-0.39, 0.29) is 17.5 Å². The van der Waals surface area contributed by atoms with E-state index in [0.717, 1.165) is 0 Å². The summed E-state index contributed by atoms with van der Waals surface area (Å²) in [6.07, 6.45) is 0.506. The first kappa shape index (κ1) is 17.7. The largest absolute Gasteiger partial charge is 0.351 e. The van der Waals surface area contributed by atoms with Gasteiger partial charge in [-0.1, -0.05) is 17.7 Å². The Bertz CT molecular complexity index is 477. The number of rotatable bonds is 5. The van der Waals surface area contributed by atoms with Crippen molar-refractivity contribution in [3.05, 3.63) is 34.4 Å². The number of hydrogen-bond donors (Lipinski definition) is 2. The molecule has 0 saturated heterocycles. The lowest BCUT2D eigenvalue weighted by Gasteiger charge is -2.22. The number of hydrogen-bond acceptors (Lipinski definition) is 2. The zero-order chi connectivity index (χ0) is 16.2. The maximum absolute atomic E-state index is 11.8. The van der Waals surface area contributed by atoms with Crippen LogP contribution in [0, 0.1) is 20.8 Å². The Labute approximate surface area is 129 Å². The first-order valence-corrected chi connectivity index (χ1v) is 7.72. The van der Waals surface area contributed by atoms with Crippen LogP contribution in [0.2, 0.25) is 0 Å². The average molecular weight is 290 g/mol. The molecule has 1 rings (SSSR count). The lowest BCUT2D eigenvalue weighted by atomic mass is 9.95. The first-order chi connectivity index (χ1) is 9.60. The highest BCUT2D eigenvalue weighted by Crippen LogP contribution is 2.23. The summed E-state index contributed by atoms with van der Waals surface area (Å²) in [5, 5.41) is 6.44.